The van der Waals surface area contributed by atoms with Crippen LogP contribution in [0.5, 0.6) is 0 Å². The zero-order valence-electron chi connectivity index (χ0n) is 17.3. The van der Waals surface area contributed by atoms with E-state index in [0.29, 0.717) is 0 Å². The first kappa shape index (κ1) is 25.6. The maximum Gasteiger partial charge on any atom is 0.474 e. The van der Waals surface area contributed by atoms with E-state index in [1.807, 2.05) is 6.07 Å². The van der Waals surface area contributed by atoms with E-state index >= 15 is 0 Å². The number of nitrogens with one attached hydrogen (secondary N) is 2. The van der Waals surface area contributed by atoms with Crippen molar-refractivity contribution in [1.29, 1.82) is 0 Å². The second kappa shape index (κ2) is 13.0. The third-order valence-corrected chi connectivity index (χ3v) is 5.03. The molecule has 2 N–H and O–H groups in total. The number of alkyl carbamates (subject to hydrolysis) is 1. The average molecular weight is 446 g/mol. The Morgan fingerprint density at radius 1 is 1.03 bits per heavy atom. The van der Waals surface area contributed by atoms with Gasteiger partial charge in [0.1, 0.15) is 18.7 Å². The van der Waals surface area contributed by atoms with Gasteiger partial charge in [0.05, 0.1) is 13.2 Å². The summed E-state index contributed by atoms with van der Waals surface area (Å²) in [5.41, 5.74) is 0.740. The molecule has 0 saturated carbocycles. The van der Waals surface area contributed by atoms with Crippen molar-refractivity contribution in [1.82, 2.24) is 10.6 Å². The molecule has 30 heavy (non-hydrogen) atoms. The Bertz CT molecular complexity index is 736. The van der Waals surface area contributed by atoms with Crippen LogP contribution in [0.3, 0.4) is 0 Å². The van der Waals surface area contributed by atoms with Crippen LogP contribution in [0.4, 0.5) is 4.79 Å². The molecule has 11 nitrogen and oxygen atoms in total. The molecule has 0 unspecified atom stereocenters. The van der Waals surface area contributed by atoms with Crippen LogP contribution in [0.1, 0.15) is 19.4 Å². The molecule has 0 aliphatic rings. The lowest BCUT2D eigenvalue weighted by Crippen LogP contribution is -2.53. The van der Waals surface area contributed by atoms with Crippen LogP contribution in [0.2, 0.25) is 0 Å². The smallest absolute Gasteiger partial charge is 0.464 e. The van der Waals surface area contributed by atoms with Gasteiger partial charge in [0.15, 0.2) is 0 Å². The van der Waals surface area contributed by atoms with Gasteiger partial charge in [0.25, 0.3) is 0 Å². The van der Waals surface area contributed by atoms with Crippen molar-refractivity contribution in [3.8, 4) is 0 Å². The van der Waals surface area contributed by atoms with Crippen LogP contribution in [-0.4, -0.2) is 57.5 Å². The molecule has 0 heterocycles. The third kappa shape index (κ3) is 8.91. The van der Waals surface area contributed by atoms with E-state index in [-0.39, 0.29) is 13.2 Å². The van der Waals surface area contributed by atoms with Gasteiger partial charge in [-0.3, -0.25) is 18.4 Å². The Morgan fingerprint density at radius 3 is 2.23 bits per heavy atom. The van der Waals surface area contributed by atoms with Crippen molar-refractivity contribution in [2.24, 2.45) is 0 Å². The highest BCUT2D eigenvalue weighted by molar-refractivity contribution is 7.48. The summed E-state index contributed by atoms with van der Waals surface area (Å²) in [5.74, 6) is -1.44. The lowest BCUT2D eigenvalue weighted by Gasteiger charge is -2.22. The number of rotatable bonds is 12. The first-order valence-corrected chi connectivity index (χ1v) is 10.5. The maximum absolute atomic E-state index is 12.5. The Balaban J connectivity index is 2.77. The van der Waals surface area contributed by atoms with Gasteiger partial charge in [-0.05, 0) is 19.4 Å². The SMILES string of the molecule is CCOC(=O)[C@H](C)NC(=O)[C@H](COP(=O)(OC)OC)NC(=O)OCc1ccccc1. The summed E-state index contributed by atoms with van der Waals surface area (Å²) in [5, 5.41) is 4.68. The number of phosphoric ester groups is 1. The predicted molar refractivity (Wildman–Crippen MR) is 105 cm³/mol. The van der Waals surface area contributed by atoms with E-state index in [1.165, 1.54) is 6.92 Å². The number of carbonyl (C=O) groups is 3. The van der Waals surface area contributed by atoms with Crippen molar-refractivity contribution >= 4 is 25.8 Å². The molecule has 12 heteroatoms. The van der Waals surface area contributed by atoms with E-state index in [1.54, 1.807) is 31.2 Å². The summed E-state index contributed by atoms with van der Waals surface area (Å²) in [6.07, 6.45) is -0.920. The summed E-state index contributed by atoms with van der Waals surface area (Å²) in [7, 11) is -1.71. The molecule has 0 aromatic heterocycles. The molecule has 0 aliphatic carbocycles. The zero-order valence-corrected chi connectivity index (χ0v) is 18.2. The summed E-state index contributed by atoms with van der Waals surface area (Å²) < 4.78 is 36.3. The van der Waals surface area contributed by atoms with Crippen molar-refractivity contribution in [3.63, 3.8) is 0 Å². The minimum Gasteiger partial charge on any atom is -0.464 e. The molecule has 1 aromatic rings. The molecule has 0 bridgehead atoms. The summed E-state index contributed by atoms with van der Waals surface area (Å²) in [6, 6.07) is 6.55. The van der Waals surface area contributed by atoms with Gasteiger partial charge >= 0.3 is 19.9 Å². The number of hydrogen-bond acceptors (Lipinski definition) is 9. The van der Waals surface area contributed by atoms with Crippen LogP contribution in [0, 0.1) is 0 Å². The number of carbonyl (C=O) groups excluding carboxylic acids is 3. The van der Waals surface area contributed by atoms with Gasteiger partial charge in [-0.15, -0.1) is 0 Å². The van der Waals surface area contributed by atoms with E-state index < -0.39 is 44.5 Å². The zero-order chi connectivity index (χ0) is 22.6. The van der Waals surface area contributed by atoms with Crippen LogP contribution >= 0.6 is 7.82 Å². The molecule has 2 atom stereocenters. The van der Waals surface area contributed by atoms with Crippen LogP contribution < -0.4 is 10.6 Å². The molecular weight excluding hydrogens is 419 g/mol. The topological polar surface area (TPSA) is 138 Å². The van der Waals surface area contributed by atoms with Crippen LogP contribution in [0.15, 0.2) is 30.3 Å². The molecule has 0 spiro atoms. The van der Waals surface area contributed by atoms with Gasteiger partial charge in [0, 0.05) is 14.2 Å². The third-order valence-electron chi connectivity index (χ3n) is 3.67. The van der Waals surface area contributed by atoms with Crippen molar-refractivity contribution in [3.05, 3.63) is 35.9 Å². The molecule has 0 aliphatic heterocycles. The van der Waals surface area contributed by atoms with Gasteiger partial charge in [-0.25, -0.2) is 14.2 Å². The van der Waals surface area contributed by atoms with Crippen molar-refractivity contribution < 1.29 is 42.0 Å². The second-order valence-corrected chi connectivity index (χ2v) is 7.73. The summed E-state index contributed by atoms with van der Waals surface area (Å²) in [4.78, 5) is 36.4. The normalized spacial score (nSPS) is 13.1. The average Bonchev–Trinajstić information content (AvgIpc) is 2.75. The lowest BCUT2D eigenvalue weighted by atomic mass is 10.2. The van der Waals surface area contributed by atoms with Crippen molar-refractivity contribution in [2.75, 3.05) is 27.4 Å². The van der Waals surface area contributed by atoms with E-state index in [9.17, 15) is 18.9 Å². The minimum absolute atomic E-state index is 0.0320. The number of ether oxygens (including phenoxy) is 2. The largest absolute Gasteiger partial charge is 0.474 e. The first-order valence-electron chi connectivity index (χ1n) is 9.05. The minimum atomic E-state index is -3.91. The fourth-order valence-corrected chi connectivity index (χ4v) is 2.77. The van der Waals surface area contributed by atoms with E-state index in [0.717, 1.165) is 19.8 Å². The molecule has 168 valence electrons. The first-order chi connectivity index (χ1) is 14.2. The molecule has 0 radical (unpaired) electrons. The Kier molecular flexibility index (Phi) is 11.1. The van der Waals surface area contributed by atoms with Gasteiger partial charge < -0.3 is 20.1 Å². The monoisotopic (exact) mass is 446 g/mol. The highest BCUT2D eigenvalue weighted by atomic mass is 31.2. The molecule has 0 saturated heterocycles. The maximum atomic E-state index is 12.5. The highest BCUT2D eigenvalue weighted by Gasteiger charge is 2.30. The van der Waals surface area contributed by atoms with Crippen LogP contribution in [0.25, 0.3) is 0 Å². The van der Waals surface area contributed by atoms with Crippen molar-refractivity contribution in [2.45, 2.75) is 32.5 Å². The quantitative estimate of drug-likeness (QED) is 0.363. The summed E-state index contributed by atoms with van der Waals surface area (Å²) >= 11 is 0. The highest BCUT2D eigenvalue weighted by Crippen LogP contribution is 2.47. The van der Waals surface area contributed by atoms with E-state index in [4.69, 9.17) is 14.0 Å². The number of benzene rings is 1. The molecule has 1 rings (SSSR count). The fourth-order valence-electron chi connectivity index (χ4n) is 2.08. The predicted octanol–water partition coefficient (Wildman–Crippen LogP) is 1.77. The summed E-state index contributed by atoms with van der Waals surface area (Å²) in [6.45, 7) is 2.58. The number of amides is 2. The van der Waals surface area contributed by atoms with E-state index in [2.05, 4.69) is 19.7 Å². The number of esters is 1. The Morgan fingerprint density at radius 2 is 1.67 bits per heavy atom. The molecule has 0 fully saturated rings. The molecule has 1 aromatic carbocycles. The standard InChI is InChI=1S/C18H27N2O9P/c1-5-27-17(22)13(2)19-16(21)15(12-29-30(24,25-3)26-4)20-18(23)28-11-14-9-7-6-8-10-14/h6-10,13,15H,5,11-12H2,1-4H3,(H,19,21)(H,20,23)/t13-,15-/m0/s1. The molecular formula is C18H27N2O9P. The van der Waals surface area contributed by atoms with Gasteiger partial charge in [-0.1, -0.05) is 30.3 Å². The Hall–Kier alpha value is -2.46. The second-order valence-electron chi connectivity index (χ2n) is 5.85. The molecule has 2 amide bonds. The Labute approximate surface area is 175 Å². The fraction of sp³-hybridized carbons (Fsp3) is 0.500. The lowest BCUT2D eigenvalue weighted by molar-refractivity contribution is -0.147. The van der Waals surface area contributed by atoms with Gasteiger partial charge in [-0.2, -0.15) is 0 Å². The number of hydrogen-bond donors (Lipinski definition) is 2. The van der Waals surface area contributed by atoms with Crippen LogP contribution in [-0.2, 0) is 43.8 Å². The van der Waals surface area contributed by atoms with Gasteiger partial charge in [0.2, 0.25) is 5.91 Å². The number of phosphoric acid groups is 1.